The smallest absolute Gasteiger partial charge is 0.227 e. The van der Waals surface area contributed by atoms with Gasteiger partial charge in [-0.2, -0.15) is 0 Å². The van der Waals surface area contributed by atoms with Crippen molar-refractivity contribution < 1.29 is 21.6 Å². The molecule has 1 saturated heterocycles. The van der Waals surface area contributed by atoms with E-state index in [0.29, 0.717) is 6.42 Å². The topological polar surface area (TPSA) is 106 Å². The third-order valence-electron chi connectivity index (χ3n) is 4.65. The van der Waals surface area contributed by atoms with Gasteiger partial charge in [-0.3, -0.25) is 4.79 Å². The number of aromatic nitrogens is 2. The molecular weight excluding hydrogens is 390 g/mol. The summed E-state index contributed by atoms with van der Waals surface area (Å²) in [6.45, 7) is 0.335. The lowest BCUT2D eigenvalue weighted by molar-refractivity contribution is -0.134. The maximum atomic E-state index is 12.5. The fourth-order valence-corrected chi connectivity index (χ4v) is 5.28. The zero-order chi connectivity index (χ0) is 19.8. The quantitative estimate of drug-likeness (QED) is 0.683. The molecule has 1 fully saturated rings. The van der Waals surface area contributed by atoms with Gasteiger partial charge in [0.1, 0.15) is 5.25 Å². The SMILES string of the molecule is Cn1ccnc1S(=O)(=O)C1CN(C(=O)CCc2ccc(S(C)(=O)=O)cc2)C1. The summed E-state index contributed by atoms with van der Waals surface area (Å²) < 4.78 is 49.3. The van der Waals surface area contributed by atoms with Gasteiger partial charge in [0.15, 0.2) is 9.84 Å². The van der Waals surface area contributed by atoms with E-state index in [1.165, 1.54) is 27.8 Å². The van der Waals surface area contributed by atoms with Crippen LogP contribution in [0.3, 0.4) is 0 Å². The molecule has 1 aliphatic rings. The Morgan fingerprint density at radius 3 is 2.30 bits per heavy atom. The molecule has 0 atom stereocenters. The molecule has 0 bridgehead atoms. The number of sulfone groups is 2. The van der Waals surface area contributed by atoms with E-state index in [1.54, 1.807) is 25.4 Å². The molecule has 2 heterocycles. The first-order valence-electron chi connectivity index (χ1n) is 8.37. The van der Waals surface area contributed by atoms with Crippen molar-refractivity contribution in [3.63, 3.8) is 0 Å². The molecule has 1 aromatic carbocycles. The number of imidazole rings is 1. The van der Waals surface area contributed by atoms with Gasteiger partial charge in [0.2, 0.25) is 20.9 Å². The number of carbonyl (C=O) groups excluding carboxylic acids is 1. The first-order valence-corrected chi connectivity index (χ1v) is 11.8. The van der Waals surface area contributed by atoms with Crippen LogP contribution in [0.2, 0.25) is 0 Å². The maximum absolute atomic E-state index is 12.5. The molecule has 1 aromatic heterocycles. The molecule has 0 aliphatic carbocycles. The minimum Gasteiger partial charge on any atom is -0.340 e. The second-order valence-electron chi connectivity index (χ2n) is 6.70. The number of amides is 1. The van der Waals surface area contributed by atoms with E-state index in [0.717, 1.165) is 11.8 Å². The highest BCUT2D eigenvalue weighted by atomic mass is 32.2. The van der Waals surface area contributed by atoms with Crippen LogP contribution in [0, 0.1) is 0 Å². The Morgan fingerprint density at radius 1 is 1.15 bits per heavy atom. The molecule has 0 N–H and O–H groups in total. The van der Waals surface area contributed by atoms with Crippen LogP contribution in [0.15, 0.2) is 46.7 Å². The summed E-state index contributed by atoms with van der Waals surface area (Å²) in [5, 5.41) is -0.609. The summed E-state index contributed by atoms with van der Waals surface area (Å²) in [5.74, 6) is -0.117. The second kappa shape index (κ2) is 7.08. The molecule has 0 saturated carbocycles. The Morgan fingerprint density at radius 2 is 1.78 bits per heavy atom. The van der Waals surface area contributed by atoms with Crippen LogP contribution in [0.4, 0.5) is 0 Å². The van der Waals surface area contributed by atoms with Crippen LogP contribution in [-0.4, -0.2) is 61.8 Å². The summed E-state index contributed by atoms with van der Waals surface area (Å²) in [6, 6.07) is 6.42. The molecule has 0 radical (unpaired) electrons. The molecule has 2 aromatic rings. The van der Waals surface area contributed by atoms with Crippen LogP contribution >= 0.6 is 0 Å². The largest absolute Gasteiger partial charge is 0.340 e. The highest BCUT2D eigenvalue weighted by molar-refractivity contribution is 7.92. The van der Waals surface area contributed by atoms with Gasteiger partial charge in [-0.25, -0.2) is 21.8 Å². The molecule has 27 heavy (non-hydrogen) atoms. The predicted octanol–water partition coefficient (Wildman–Crippen LogP) is 0.441. The molecule has 10 heteroatoms. The Kier molecular flexibility index (Phi) is 5.13. The van der Waals surface area contributed by atoms with Gasteiger partial charge in [0.05, 0.1) is 4.90 Å². The first kappa shape index (κ1) is 19.6. The van der Waals surface area contributed by atoms with Crippen LogP contribution < -0.4 is 0 Å². The van der Waals surface area contributed by atoms with Crippen molar-refractivity contribution in [1.82, 2.24) is 14.5 Å². The number of likely N-dealkylation sites (tertiary alicyclic amines) is 1. The van der Waals surface area contributed by atoms with E-state index in [1.807, 2.05) is 0 Å². The predicted molar refractivity (Wildman–Crippen MR) is 98.6 cm³/mol. The van der Waals surface area contributed by atoms with E-state index >= 15 is 0 Å². The fraction of sp³-hybridized carbons (Fsp3) is 0.412. The highest BCUT2D eigenvalue weighted by Crippen LogP contribution is 2.23. The van der Waals surface area contributed by atoms with Gasteiger partial charge in [0.25, 0.3) is 0 Å². The van der Waals surface area contributed by atoms with E-state index in [-0.39, 0.29) is 35.5 Å². The van der Waals surface area contributed by atoms with E-state index in [2.05, 4.69) is 4.98 Å². The van der Waals surface area contributed by atoms with Crippen molar-refractivity contribution >= 4 is 25.6 Å². The third-order valence-corrected chi connectivity index (χ3v) is 7.86. The summed E-state index contributed by atoms with van der Waals surface area (Å²) in [6.07, 6.45) is 4.86. The molecule has 1 aliphatic heterocycles. The minimum absolute atomic E-state index is 0.0190. The molecule has 3 rings (SSSR count). The van der Waals surface area contributed by atoms with Crippen molar-refractivity contribution in [1.29, 1.82) is 0 Å². The number of benzene rings is 1. The lowest BCUT2D eigenvalue weighted by Gasteiger charge is -2.38. The van der Waals surface area contributed by atoms with Crippen molar-refractivity contribution in [2.45, 2.75) is 28.1 Å². The normalized spacial score (nSPS) is 15.6. The number of carbonyl (C=O) groups is 1. The number of rotatable bonds is 6. The van der Waals surface area contributed by atoms with Crippen LogP contribution in [0.1, 0.15) is 12.0 Å². The number of nitrogens with zero attached hydrogens (tertiary/aromatic N) is 3. The Hall–Kier alpha value is -2.20. The standard InChI is InChI=1S/C17H21N3O5S2/c1-19-10-9-18-17(19)27(24,25)15-11-20(12-15)16(21)8-5-13-3-6-14(7-4-13)26(2,22)23/h3-4,6-7,9-10,15H,5,8,11-12H2,1-2H3. The number of aryl methyl sites for hydroxylation is 2. The summed E-state index contributed by atoms with van der Waals surface area (Å²) >= 11 is 0. The molecule has 0 unspecified atom stereocenters. The van der Waals surface area contributed by atoms with Gasteiger partial charge in [-0.05, 0) is 24.1 Å². The molecule has 146 valence electrons. The number of hydrogen-bond acceptors (Lipinski definition) is 6. The van der Waals surface area contributed by atoms with Crippen molar-refractivity contribution in [3.8, 4) is 0 Å². The van der Waals surface area contributed by atoms with E-state index in [4.69, 9.17) is 0 Å². The van der Waals surface area contributed by atoms with Crippen LogP contribution in [0.5, 0.6) is 0 Å². The van der Waals surface area contributed by atoms with Gasteiger partial charge in [-0.1, -0.05) is 12.1 Å². The summed E-state index contributed by atoms with van der Waals surface area (Å²) in [7, 11) is -5.16. The van der Waals surface area contributed by atoms with Crippen molar-refractivity contribution in [3.05, 3.63) is 42.2 Å². The van der Waals surface area contributed by atoms with Crippen LogP contribution in [-0.2, 0) is 37.9 Å². The molecule has 0 spiro atoms. The van der Waals surface area contributed by atoms with Gasteiger partial charge >= 0.3 is 0 Å². The van der Waals surface area contributed by atoms with Crippen molar-refractivity contribution in [2.75, 3.05) is 19.3 Å². The first-order chi connectivity index (χ1) is 12.6. The Bertz CT molecular complexity index is 1050. The average molecular weight is 412 g/mol. The molecule has 8 nitrogen and oxygen atoms in total. The van der Waals surface area contributed by atoms with Gasteiger partial charge in [-0.15, -0.1) is 0 Å². The summed E-state index contributed by atoms with van der Waals surface area (Å²) in [4.78, 5) is 17.9. The second-order valence-corrected chi connectivity index (χ2v) is 10.8. The minimum atomic E-state index is -3.54. The zero-order valence-electron chi connectivity index (χ0n) is 15.1. The van der Waals surface area contributed by atoms with E-state index < -0.39 is 24.9 Å². The average Bonchev–Trinajstić information content (AvgIpc) is 2.98. The fourth-order valence-electron chi connectivity index (χ4n) is 2.93. The lowest BCUT2D eigenvalue weighted by atomic mass is 10.1. The molecular formula is C17H21N3O5S2. The van der Waals surface area contributed by atoms with Gasteiger partial charge in [0, 0.05) is 45.2 Å². The molecule has 1 amide bonds. The Balaban J connectivity index is 1.53. The zero-order valence-corrected chi connectivity index (χ0v) is 16.7. The third kappa shape index (κ3) is 4.06. The number of hydrogen-bond donors (Lipinski definition) is 0. The Labute approximate surface area is 158 Å². The van der Waals surface area contributed by atoms with E-state index in [9.17, 15) is 21.6 Å². The summed E-state index contributed by atoms with van der Waals surface area (Å²) in [5.41, 5.74) is 0.855. The van der Waals surface area contributed by atoms with Crippen LogP contribution in [0.25, 0.3) is 0 Å². The monoisotopic (exact) mass is 411 g/mol. The van der Waals surface area contributed by atoms with Gasteiger partial charge < -0.3 is 9.47 Å². The van der Waals surface area contributed by atoms with Crippen molar-refractivity contribution in [2.24, 2.45) is 7.05 Å². The lowest BCUT2D eigenvalue weighted by Crippen LogP contribution is -2.57. The highest BCUT2D eigenvalue weighted by Gasteiger charge is 2.42. The maximum Gasteiger partial charge on any atom is 0.227 e.